The van der Waals surface area contributed by atoms with Gasteiger partial charge in [-0.2, -0.15) is 4.31 Å². The molecule has 6 nitrogen and oxygen atoms in total. The van der Waals surface area contributed by atoms with E-state index < -0.39 is 10.0 Å². The maximum absolute atomic E-state index is 12.0. The lowest BCUT2D eigenvalue weighted by Gasteiger charge is -2.22. The number of nitrogens with zero attached hydrogens (tertiary/aromatic N) is 1. The minimum Gasteiger partial charge on any atom is -0.377 e. The molecule has 134 valence electrons. The number of carbonyl (C=O) groups excluding carboxylic acids is 1. The Hall–Kier alpha value is -1.15. The number of sulfonamides is 1. The molecule has 8 heteroatoms. The molecule has 1 saturated heterocycles. The van der Waals surface area contributed by atoms with Gasteiger partial charge in [0.15, 0.2) is 0 Å². The Morgan fingerprint density at radius 2 is 2.25 bits per heavy atom. The van der Waals surface area contributed by atoms with Crippen molar-refractivity contribution < 1.29 is 17.9 Å². The minimum atomic E-state index is -3.46. The number of hydrogen-bond acceptors (Lipinski definition) is 4. The molecule has 0 radical (unpaired) electrons. The summed E-state index contributed by atoms with van der Waals surface area (Å²) in [5, 5.41) is 3.40. The Labute approximate surface area is 148 Å². The summed E-state index contributed by atoms with van der Waals surface area (Å²) in [4.78, 5) is 12.0. The summed E-state index contributed by atoms with van der Waals surface area (Å²) in [6, 6.07) is 7.41. The number of halogens is 1. The van der Waals surface area contributed by atoms with Crippen LogP contribution in [0.1, 0.15) is 18.4 Å². The van der Waals surface area contributed by atoms with E-state index in [1.54, 1.807) is 6.07 Å². The maximum Gasteiger partial charge on any atom is 0.235 e. The summed E-state index contributed by atoms with van der Waals surface area (Å²) in [6.07, 6.45) is 3.37. The van der Waals surface area contributed by atoms with Crippen LogP contribution in [0.5, 0.6) is 0 Å². The molecule has 1 fully saturated rings. The van der Waals surface area contributed by atoms with Crippen LogP contribution in [0.2, 0.25) is 5.02 Å². The zero-order chi connectivity index (χ0) is 17.6. The first-order valence-corrected chi connectivity index (χ1v) is 10.1. The quantitative estimate of drug-likeness (QED) is 0.747. The van der Waals surface area contributed by atoms with E-state index in [4.69, 9.17) is 16.3 Å². The Balaban J connectivity index is 1.81. The molecule has 1 aliphatic rings. The lowest BCUT2D eigenvalue weighted by Crippen LogP contribution is -2.44. The van der Waals surface area contributed by atoms with Crippen molar-refractivity contribution in [3.63, 3.8) is 0 Å². The van der Waals surface area contributed by atoms with Crippen molar-refractivity contribution in [1.82, 2.24) is 9.62 Å². The molecule has 0 bridgehead atoms. The highest BCUT2D eigenvalue weighted by molar-refractivity contribution is 7.88. The summed E-state index contributed by atoms with van der Waals surface area (Å²) >= 11 is 5.91. The zero-order valence-corrected chi connectivity index (χ0v) is 15.3. The summed E-state index contributed by atoms with van der Waals surface area (Å²) in [5.74, 6) is -0.319. The van der Waals surface area contributed by atoms with E-state index in [-0.39, 0.29) is 25.1 Å². The van der Waals surface area contributed by atoms with E-state index >= 15 is 0 Å². The van der Waals surface area contributed by atoms with Crippen LogP contribution in [0.3, 0.4) is 0 Å². The lowest BCUT2D eigenvalue weighted by molar-refractivity contribution is -0.121. The van der Waals surface area contributed by atoms with E-state index in [9.17, 15) is 13.2 Å². The molecule has 24 heavy (non-hydrogen) atoms. The van der Waals surface area contributed by atoms with Gasteiger partial charge in [0.25, 0.3) is 0 Å². The Morgan fingerprint density at radius 1 is 1.46 bits per heavy atom. The van der Waals surface area contributed by atoms with Crippen molar-refractivity contribution in [1.29, 1.82) is 0 Å². The van der Waals surface area contributed by atoms with Crippen LogP contribution in [-0.4, -0.2) is 57.2 Å². The summed E-state index contributed by atoms with van der Waals surface area (Å²) < 4.78 is 30.4. The third-order valence-corrected chi connectivity index (χ3v) is 5.30. The normalized spacial score (nSPS) is 18.0. The van der Waals surface area contributed by atoms with Crippen molar-refractivity contribution in [3.05, 3.63) is 34.9 Å². The number of amides is 1. The largest absolute Gasteiger partial charge is 0.377 e. The van der Waals surface area contributed by atoms with Crippen molar-refractivity contribution in [3.8, 4) is 0 Å². The molecule has 1 N–H and O–H groups in total. The molecular weight excluding hydrogens is 352 g/mol. The average Bonchev–Trinajstić information content (AvgIpc) is 2.99. The monoisotopic (exact) mass is 374 g/mol. The predicted molar refractivity (Wildman–Crippen MR) is 93.6 cm³/mol. The fraction of sp³-hybridized carbons (Fsp3) is 0.562. The summed E-state index contributed by atoms with van der Waals surface area (Å²) in [5.41, 5.74) is 1.02. The maximum atomic E-state index is 12.0. The van der Waals surface area contributed by atoms with Gasteiger partial charge in [0.05, 0.1) is 18.9 Å². The standard InChI is InChI=1S/C16H23ClN2O4S/c1-24(21,22)19(11-15-6-3-9-23-15)12-16(20)18-8-7-13-4-2-5-14(17)10-13/h2,4-5,10,15H,3,6-9,11-12H2,1H3,(H,18,20). The first kappa shape index (κ1) is 19.2. The Bertz CT molecular complexity index is 660. The first-order chi connectivity index (χ1) is 11.3. The molecule has 1 aromatic carbocycles. The molecule has 1 atom stereocenters. The summed E-state index contributed by atoms with van der Waals surface area (Å²) in [6.45, 7) is 1.11. The molecule has 0 aromatic heterocycles. The number of ether oxygens (including phenoxy) is 1. The highest BCUT2D eigenvalue weighted by Crippen LogP contribution is 2.14. The molecule has 2 rings (SSSR count). The van der Waals surface area contributed by atoms with Gasteiger partial charge in [0.2, 0.25) is 15.9 Å². The van der Waals surface area contributed by atoms with Crippen molar-refractivity contribution in [2.75, 3.05) is 32.5 Å². The van der Waals surface area contributed by atoms with Crippen molar-refractivity contribution >= 4 is 27.5 Å². The van der Waals surface area contributed by atoms with Crippen LogP contribution in [0.25, 0.3) is 0 Å². The first-order valence-electron chi connectivity index (χ1n) is 7.92. The molecular formula is C16H23ClN2O4S. The van der Waals surface area contributed by atoms with Gasteiger partial charge in [-0.05, 0) is 37.0 Å². The molecule has 1 amide bonds. The van der Waals surface area contributed by atoms with Crippen LogP contribution in [0.4, 0.5) is 0 Å². The van der Waals surface area contributed by atoms with Gasteiger partial charge in [-0.3, -0.25) is 4.79 Å². The van der Waals surface area contributed by atoms with E-state index in [1.165, 1.54) is 4.31 Å². The van der Waals surface area contributed by atoms with Crippen LogP contribution in [0.15, 0.2) is 24.3 Å². The average molecular weight is 375 g/mol. The van der Waals surface area contributed by atoms with Crippen LogP contribution < -0.4 is 5.32 Å². The second-order valence-corrected chi connectivity index (χ2v) is 8.34. The van der Waals surface area contributed by atoms with E-state index in [0.717, 1.165) is 24.7 Å². The number of nitrogens with one attached hydrogen (secondary N) is 1. The minimum absolute atomic E-state index is 0.126. The fourth-order valence-corrected chi connectivity index (χ4v) is 3.59. The van der Waals surface area contributed by atoms with Gasteiger partial charge >= 0.3 is 0 Å². The van der Waals surface area contributed by atoms with Gasteiger partial charge in [0.1, 0.15) is 0 Å². The van der Waals surface area contributed by atoms with E-state index in [0.29, 0.717) is 24.6 Å². The predicted octanol–water partition coefficient (Wildman–Crippen LogP) is 1.44. The molecule has 0 saturated carbocycles. The molecule has 0 spiro atoms. The Morgan fingerprint density at radius 3 is 2.88 bits per heavy atom. The molecule has 1 aliphatic heterocycles. The van der Waals surface area contributed by atoms with Gasteiger partial charge in [-0.25, -0.2) is 8.42 Å². The lowest BCUT2D eigenvalue weighted by atomic mass is 10.1. The fourth-order valence-electron chi connectivity index (χ4n) is 2.59. The number of carbonyl (C=O) groups is 1. The van der Waals surface area contributed by atoms with Gasteiger partial charge < -0.3 is 10.1 Å². The van der Waals surface area contributed by atoms with Crippen molar-refractivity contribution in [2.45, 2.75) is 25.4 Å². The highest BCUT2D eigenvalue weighted by atomic mass is 35.5. The van der Waals surface area contributed by atoms with E-state index in [2.05, 4.69) is 5.32 Å². The SMILES string of the molecule is CS(=O)(=O)N(CC(=O)NCCc1cccc(Cl)c1)CC1CCCO1. The van der Waals surface area contributed by atoms with Crippen LogP contribution in [0, 0.1) is 0 Å². The number of rotatable bonds is 8. The van der Waals surface area contributed by atoms with Gasteiger partial charge in [0, 0.05) is 24.7 Å². The summed E-state index contributed by atoms with van der Waals surface area (Å²) in [7, 11) is -3.46. The zero-order valence-electron chi connectivity index (χ0n) is 13.7. The van der Waals surface area contributed by atoms with Gasteiger partial charge in [-0.1, -0.05) is 23.7 Å². The van der Waals surface area contributed by atoms with Crippen molar-refractivity contribution in [2.24, 2.45) is 0 Å². The molecule has 1 aromatic rings. The van der Waals surface area contributed by atoms with Crippen LogP contribution in [-0.2, 0) is 26.0 Å². The highest BCUT2D eigenvalue weighted by Gasteiger charge is 2.26. The molecule has 0 aliphatic carbocycles. The third-order valence-electron chi connectivity index (χ3n) is 3.85. The second kappa shape index (κ2) is 8.80. The number of hydrogen-bond donors (Lipinski definition) is 1. The molecule has 1 heterocycles. The smallest absolute Gasteiger partial charge is 0.235 e. The third kappa shape index (κ3) is 6.39. The van der Waals surface area contributed by atoms with Crippen LogP contribution >= 0.6 is 11.6 Å². The van der Waals surface area contributed by atoms with E-state index in [1.807, 2.05) is 18.2 Å². The molecule has 1 unspecified atom stereocenters. The Kier molecular flexibility index (Phi) is 7.03. The topological polar surface area (TPSA) is 75.7 Å². The second-order valence-electron chi connectivity index (χ2n) is 5.92. The van der Waals surface area contributed by atoms with Gasteiger partial charge in [-0.15, -0.1) is 0 Å². The number of benzene rings is 1.